The average molecular weight is 475 g/mol. The van der Waals surface area contributed by atoms with Gasteiger partial charge in [0.1, 0.15) is 0 Å². The lowest BCUT2D eigenvalue weighted by atomic mass is 10.1. The van der Waals surface area contributed by atoms with E-state index < -0.39 is 15.9 Å². The Morgan fingerprint density at radius 1 is 1.00 bits per heavy atom. The van der Waals surface area contributed by atoms with Gasteiger partial charge in [-0.1, -0.05) is 35.9 Å². The lowest BCUT2D eigenvalue weighted by Gasteiger charge is -2.14. The highest BCUT2D eigenvalue weighted by Crippen LogP contribution is 2.30. The number of halogens is 1. The van der Waals surface area contributed by atoms with Gasteiger partial charge in [0, 0.05) is 17.8 Å². The summed E-state index contributed by atoms with van der Waals surface area (Å²) in [4.78, 5) is 12.7. The molecule has 7 nitrogen and oxygen atoms in total. The molecule has 3 aromatic rings. The molecule has 0 aliphatic rings. The summed E-state index contributed by atoms with van der Waals surface area (Å²) in [5.74, 6) is 0.514. The highest BCUT2D eigenvalue weighted by atomic mass is 35.5. The summed E-state index contributed by atoms with van der Waals surface area (Å²) in [7, 11) is -0.881. The van der Waals surface area contributed by atoms with Crippen LogP contribution in [0.15, 0.2) is 65.6 Å². The molecule has 0 spiro atoms. The smallest absolute Gasteiger partial charge is 0.261 e. The van der Waals surface area contributed by atoms with Crippen molar-refractivity contribution in [2.45, 2.75) is 18.4 Å². The van der Waals surface area contributed by atoms with Gasteiger partial charge in [-0.2, -0.15) is 0 Å². The number of para-hydroxylation sites is 1. The second-order valence-corrected chi connectivity index (χ2v) is 9.04. The van der Waals surface area contributed by atoms with Gasteiger partial charge >= 0.3 is 0 Å². The monoisotopic (exact) mass is 474 g/mol. The normalized spacial score (nSPS) is 11.0. The van der Waals surface area contributed by atoms with Crippen LogP contribution in [0, 0.1) is 6.92 Å². The molecular weight excluding hydrogens is 452 g/mol. The number of amides is 1. The average Bonchev–Trinajstić information content (AvgIpc) is 2.76. The van der Waals surface area contributed by atoms with Gasteiger partial charge in [0.2, 0.25) is 0 Å². The van der Waals surface area contributed by atoms with Gasteiger partial charge in [0.15, 0.2) is 11.5 Å². The van der Waals surface area contributed by atoms with E-state index in [9.17, 15) is 13.2 Å². The van der Waals surface area contributed by atoms with E-state index in [1.807, 2.05) is 13.0 Å². The molecule has 1 amide bonds. The topological polar surface area (TPSA) is 93.7 Å². The van der Waals surface area contributed by atoms with E-state index in [2.05, 4.69) is 10.0 Å². The quantitative estimate of drug-likeness (QED) is 0.504. The van der Waals surface area contributed by atoms with Crippen molar-refractivity contribution in [2.75, 3.05) is 18.9 Å². The second kappa shape index (κ2) is 9.93. The maximum absolute atomic E-state index is 12.8. The van der Waals surface area contributed by atoms with Crippen LogP contribution in [0.5, 0.6) is 11.5 Å². The van der Waals surface area contributed by atoms with Crippen LogP contribution in [0.1, 0.15) is 21.5 Å². The molecule has 0 unspecified atom stereocenters. The first-order valence-corrected chi connectivity index (χ1v) is 11.5. The summed E-state index contributed by atoms with van der Waals surface area (Å²) in [5, 5.41) is 2.88. The van der Waals surface area contributed by atoms with E-state index in [-0.39, 0.29) is 22.0 Å². The van der Waals surface area contributed by atoms with E-state index in [1.165, 1.54) is 32.4 Å². The van der Waals surface area contributed by atoms with Crippen molar-refractivity contribution >= 4 is 33.2 Å². The van der Waals surface area contributed by atoms with Crippen LogP contribution >= 0.6 is 11.6 Å². The predicted molar refractivity (Wildman–Crippen MR) is 124 cm³/mol. The number of nitrogens with one attached hydrogen (secondary N) is 2. The molecule has 0 saturated heterocycles. The number of methoxy groups -OCH3 is 2. The number of sulfonamides is 1. The van der Waals surface area contributed by atoms with Crippen LogP contribution in [0.25, 0.3) is 0 Å². The molecule has 0 aliphatic carbocycles. The number of rotatable bonds is 8. The van der Waals surface area contributed by atoms with Gasteiger partial charge in [-0.3, -0.25) is 9.52 Å². The van der Waals surface area contributed by atoms with Crippen molar-refractivity contribution in [1.82, 2.24) is 5.32 Å². The molecular formula is C23H23ClN2O5S. The SMILES string of the molecule is COc1cccc(CNC(=O)c2cc(S(=O)(=O)Nc3cccc(C)c3)ccc2Cl)c1OC. The Balaban J connectivity index is 1.82. The summed E-state index contributed by atoms with van der Waals surface area (Å²) in [6.07, 6.45) is 0. The van der Waals surface area contributed by atoms with E-state index in [0.29, 0.717) is 22.7 Å². The molecule has 2 N–H and O–H groups in total. The molecule has 0 aliphatic heterocycles. The Bertz CT molecular complexity index is 1240. The predicted octanol–water partition coefficient (Wildman–Crippen LogP) is 4.40. The number of aryl methyl sites for hydroxylation is 1. The molecule has 0 saturated carbocycles. The van der Waals surface area contributed by atoms with Crippen molar-refractivity contribution in [3.8, 4) is 11.5 Å². The summed E-state index contributed by atoms with van der Waals surface area (Å²) < 4.78 is 38.8. The fraction of sp³-hybridized carbons (Fsp3) is 0.174. The van der Waals surface area contributed by atoms with Gasteiger partial charge in [0.25, 0.3) is 15.9 Å². The molecule has 0 atom stereocenters. The van der Waals surface area contributed by atoms with Gasteiger partial charge in [-0.25, -0.2) is 8.42 Å². The first-order chi connectivity index (χ1) is 15.2. The van der Waals surface area contributed by atoms with E-state index in [1.54, 1.807) is 36.4 Å². The maximum Gasteiger partial charge on any atom is 0.261 e. The van der Waals surface area contributed by atoms with Gasteiger partial charge in [-0.05, 0) is 48.9 Å². The van der Waals surface area contributed by atoms with Gasteiger partial charge < -0.3 is 14.8 Å². The molecule has 0 fully saturated rings. The first kappa shape index (κ1) is 23.4. The minimum Gasteiger partial charge on any atom is -0.493 e. The number of benzene rings is 3. The molecule has 0 radical (unpaired) electrons. The van der Waals surface area contributed by atoms with Crippen LogP contribution in [-0.2, 0) is 16.6 Å². The van der Waals surface area contributed by atoms with Crippen LogP contribution in [-0.4, -0.2) is 28.5 Å². The van der Waals surface area contributed by atoms with Gasteiger partial charge in [-0.15, -0.1) is 0 Å². The second-order valence-electron chi connectivity index (χ2n) is 6.95. The zero-order valence-corrected chi connectivity index (χ0v) is 19.4. The Morgan fingerprint density at radius 2 is 1.75 bits per heavy atom. The number of hydrogen-bond acceptors (Lipinski definition) is 5. The minimum absolute atomic E-state index is 0.0423. The summed E-state index contributed by atoms with van der Waals surface area (Å²) >= 11 is 6.19. The van der Waals surface area contributed by atoms with E-state index in [0.717, 1.165) is 5.56 Å². The Kier molecular flexibility index (Phi) is 7.27. The number of carbonyl (C=O) groups is 1. The van der Waals surface area contributed by atoms with Crippen molar-refractivity contribution in [3.63, 3.8) is 0 Å². The summed E-state index contributed by atoms with van der Waals surface area (Å²) in [6.45, 7) is 1.99. The third-order valence-corrected chi connectivity index (χ3v) is 6.40. The standard InChI is InChI=1S/C23H23ClN2O5S/c1-15-6-4-8-17(12-15)26-32(28,29)18-10-11-20(24)19(13-18)23(27)25-14-16-7-5-9-21(30-2)22(16)31-3/h4-13,26H,14H2,1-3H3,(H,25,27). The number of ether oxygens (including phenoxy) is 2. The lowest BCUT2D eigenvalue weighted by Crippen LogP contribution is -2.24. The molecule has 3 rings (SSSR count). The van der Waals surface area contributed by atoms with Crippen molar-refractivity contribution in [2.24, 2.45) is 0 Å². The third-order valence-electron chi connectivity index (χ3n) is 4.69. The lowest BCUT2D eigenvalue weighted by molar-refractivity contribution is 0.0950. The number of anilines is 1. The molecule has 0 bridgehead atoms. The zero-order chi connectivity index (χ0) is 23.3. The highest BCUT2D eigenvalue weighted by molar-refractivity contribution is 7.92. The largest absolute Gasteiger partial charge is 0.493 e. The molecule has 0 aromatic heterocycles. The fourth-order valence-electron chi connectivity index (χ4n) is 3.13. The summed E-state index contributed by atoms with van der Waals surface area (Å²) in [6, 6.07) is 16.3. The van der Waals surface area contributed by atoms with Crippen molar-refractivity contribution in [1.29, 1.82) is 0 Å². The first-order valence-electron chi connectivity index (χ1n) is 9.62. The zero-order valence-electron chi connectivity index (χ0n) is 17.8. The Hall–Kier alpha value is -3.23. The van der Waals surface area contributed by atoms with Crippen LogP contribution in [0.4, 0.5) is 5.69 Å². The number of hydrogen-bond donors (Lipinski definition) is 2. The van der Waals surface area contributed by atoms with Crippen molar-refractivity contribution in [3.05, 3.63) is 82.4 Å². The van der Waals surface area contributed by atoms with Gasteiger partial charge in [0.05, 0.1) is 29.7 Å². The minimum atomic E-state index is -3.91. The molecule has 168 valence electrons. The molecule has 3 aromatic carbocycles. The van der Waals surface area contributed by atoms with E-state index in [4.69, 9.17) is 21.1 Å². The van der Waals surface area contributed by atoms with E-state index >= 15 is 0 Å². The number of carbonyl (C=O) groups excluding carboxylic acids is 1. The maximum atomic E-state index is 12.8. The molecule has 9 heteroatoms. The van der Waals surface area contributed by atoms with Crippen LogP contribution in [0.2, 0.25) is 5.02 Å². The van der Waals surface area contributed by atoms with Crippen LogP contribution < -0.4 is 19.5 Å². The third kappa shape index (κ3) is 5.33. The van der Waals surface area contributed by atoms with Crippen LogP contribution in [0.3, 0.4) is 0 Å². The molecule has 32 heavy (non-hydrogen) atoms. The fourth-order valence-corrected chi connectivity index (χ4v) is 4.41. The Morgan fingerprint density at radius 3 is 2.44 bits per heavy atom. The molecule has 0 heterocycles. The van der Waals surface area contributed by atoms with Crippen molar-refractivity contribution < 1.29 is 22.7 Å². The summed E-state index contributed by atoms with van der Waals surface area (Å²) in [5.41, 5.74) is 2.08. The highest BCUT2D eigenvalue weighted by Gasteiger charge is 2.20. The Labute approximate surface area is 192 Å².